The monoisotopic (exact) mass is 272 g/mol. The summed E-state index contributed by atoms with van der Waals surface area (Å²) in [5, 5.41) is 5.81. The molecule has 0 unspecified atom stereocenters. The number of benzene rings is 2. The zero-order chi connectivity index (χ0) is 13.9. The normalized spacial score (nSPS) is 13.2. The molecule has 1 aliphatic rings. The zero-order valence-corrected chi connectivity index (χ0v) is 10.7. The largest absolute Gasteiger partial charge is 0.472 e. The minimum atomic E-state index is -0.248. The Hall–Kier alpha value is -2.56. The highest BCUT2D eigenvalue weighted by molar-refractivity contribution is 5.98. The highest BCUT2D eigenvalue weighted by Gasteiger charge is 2.17. The van der Waals surface area contributed by atoms with Gasteiger partial charge in [-0.05, 0) is 29.8 Å². The molecule has 2 aromatic rings. The average Bonchev–Trinajstić information content (AvgIpc) is 2.47. The number of amides is 1. The number of anilines is 1. The third-order valence-electron chi connectivity index (χ3n) is 3.10. The van der Waals surface area contributed by atoms with Crippen molar-refractivity contribution in [3.8, 4) is 5.75 Å². The van der Waals surface area contributed by atoms with Crippen molar-refractivity contribution in [3.63, 3.8) is 0 Å². The van der Waals surface area contributed by atoms with E-state index in [4.69, 9.17) is 4.74 Å². The van der Waals surface area contributed by atoms with Gasteiger partial charge in [-0.15, -0.1) is 0 Å². The van der Waals surface area contributed by atoms with E-state index in [2.05, 4.69) is 10.6 Å². The van der Waals surface area contributed by atoms with Crippen molar-refractivity contribution in [3.05, 3.63) is 59.4 Å². The minimum absolute atomic E-state index is 0.128. The van der Waals surface area contributed by atoms with Gasteiger partial charge in [-0.3, -0.25) is 4.79 Å². The molecule has 0 bridgehead atoms. The Kier molecular flexibility index (Phi) is 3.25. The minimum Gasteiger partial charge on any atom is -0.472 e. The van der Waals surface area contributed by atoms with Crippen molar-refractivity contribution in [2.24, 2.45) is 0 Å². The van der Waals surface area contributed by atoms with E-state index >= 15 is 0 Å². The number of ether oxygens (including phenoxy) is 1. The number of nitrogens with one attached hydrogen (secondary N) is 2. The molecule has 0 fully saturated rings. The molecule has 0 aliphatic carbocycles. The molecule has 1 aliphatic heterocycles. The van der Waals surface area contributed by atoms with Crippen LogP contribution in [0.25, 0.3) is 0 Å². The molecule has 2 aromatic carbocycles. The molecule has 0 radical (unpaired) electrons. The van der Waals surface area contributed by atoms with E-state index in [9.17, 15) is 9.18 Å². The third-order valence-corrected chi connectivity index (χ3v) is 3.10. The van der Waals surface area contributed by atoms with Gasteiger partial charge in [0.1, 0.15) is 11.6 Å². The maximum Gasteiger partial charge on any atom is 0.257 e. The van der Waals surface area contributed by atoms with Crippen molar-refractivity contribution in [1.82, 2.24) is 5.32 Å². The maximum absolute atomic E-state index is 12.8. The first kappa shape index (κ1) is 12.5. The van der Waals surface area contributed by atoms with Gasteiger partial charge in [-0.25, -0.2) is 4.39 Å². The third kappa shape index (κ3) is 2.56. The zero-order valence-electron chi connectivity index (χ0n) is 10.7. The first-order valence-electron chi connectivity index (χ1n) is 6.26. The van der Waals surface area contributed by atoms with Crippen molar-refractivity contribution in [1.29, 1.82) is 0 Å². The van der Waals surface area contributed by atoms with Gasteiger partial charge in [-0.2, -0.15) is 0 Å². The molecule has 102 valence electrons. The van der Waals surface area contributed by atoms with Crippen LogP contribution in [-0.2, 0) is 6.54 Å². The summed E-state index contributed by atoms with van der Waals surface area (Å²) in [7, 11) is 0. The lowest BCUT2D eigenvalue weighted by Gasteiger charge is -2.18. The molecule has 0 saturated carbocycles. The quantitative estimate of drug-likeness (QED) is 0.902. The van der Waals surface area contributed by atoms with Crippen LogP contribution in [0.5, 0.6) is 5.75 Å². The Morgan fingerprint density at radius 2 is 2.00 bits per heavy atom. The Balaban J connectivity index is 1.72. The van der Waals surface area contributed by atoms with Gasteiger partial charge in [-0.1, -0.05) is 12.1 Å². The topological polar surface area (TPSA) is 50.4 Å². The molecule has 20 heavy (non-hydrogen) atoms. The number of carbonyl (C=O) groups excluding carboxylic acids is 1. The Labute approximate surface area is 115 Å². The fourth-order valence-electron chi connectivity index (χ4n) is 2.02. The van der Waals surface area contributed by atoms with E-state index in [1.165, 1.54) is 12.1 Å². The second-order valence-corrected chi connectivity index (χ2v) is 4.49. The van der Waals surface area contributed by atoms with E-state index in [0.29, 0.717) is 17.9 Å². The van der Waals surface area contributed by atoms with Crippen LogP contribution in [0, 0.1) is 5.82 Å². The summed E-state index contributed by atoms with van der Waals surface area (Å²) < 4.78 is 18.2. The molecule has 4 nitrogen and oxygen atoms in total. The molecule has 1 heterocycles. The van der Waals surface area contributed by atoms with E-state index in [-0.39, 0.29) is 18.5 Å². The second kappa shape index (κ2) is 5.21. The molecular formula is C15H13FN2O2. The lowest BCUT2D eigenvalue weighted by molar-refractivity contribution is 0.0883. The number of rotatable bonds is 3. The first-order valence-corrected chi connectivity index (χ1v) is 6.26. The van der Waals surface area contributed by atoms with Crippen LogP contribution in [0.3, 0.4) is 0 Å². The molecule has 5 heteroatoms. The average molecular weight is 272 g/mol. The predicted octanol–water partition coefficient (Wildman–Crippen LogP) is 2.52. The van der Waals surface area contributed by atoms with Gasteiger partial charge in [0.05, 0.1) is 5.56 Å². The summed E-state index contributed by atoms with van der Waals surface area (Å²) in [6, 6.07) is 11.6. The summed E-state index contributed by atoms with van der Waals surface area (Å²) in [6.07, 6.45) is 0. The molecule has 1 amide bonds. The van der Waals surface area contributed by atoms with Gasteiger partial charge < -0.3 is 15.4 Å². The fraction of sp³-hybridized carbons (Fsp3) is 0.133. The van der Waals surface area contributed by atoms with E-state index in [0.717, 1.165) is 11.3 Å². The van der Waals surface area contributed by atoms with Gasteiger partial charge >= 0.3 is 0 Å². The lowest BCUT2D eigenvalue weighted by Crippen LogP contribution is -2.32. The van der Waals surface area contributed by atoms with Gasteiger partial charge in [0.25, 0.3) is 5.91 Å². The molecule has 0 aromatic heterocycles. The fourth-order valence-corrected chi connectivity index (χ4v) is 2.02. The SMILES string of the molecule is O=C1NCOc2cc(NCc3ccc(F)cc3)ccc21. The summed E-state index contributed by atoms with van der Waals surface area (Å²) in [5.74, 6) is 0.191. The number of fused-ring (bicyclic) bond motifs is 1. The van der Waals surface area contributed by atoms with Crippen molar-refractivity contribution in [2.75, 3.05) is 12.0 Å². The Bertz CT molecular complexity index is 641. The van der Waals surface area contributed by atoms with Crippen molar-refractivity contribution >= 4 is 11.6 Å². The predicted molar refractivity (Wildman–Crippen MR) is 73.1 cm³/mol. The summed E-state index contributed by atoms with van der Waals surface area (Å²) >= 11 is 0. The first-order chi connectivity index (χ1) is 9.72. The van der Waals surface area contributed by atoms with Crippen LogP contribution in [-0.4, -0.2) is 12.6 Å². The Morgan fingerprint density at radius 3 is 2.80 bits per heavy atom. The van der Waals surface area contributed by atoms with Crippen molar-refractivity contribution in [2.45, 2.75) is 6.54 Å². The van der Waals surface area contributed by atoms with E-state index in [1.807, 2.05) is 6.07 Å². The number of halogens is 1. The molecule has 0 spiro atoms. The number of hydrogen-bond acceptors (Lipinski definition) is 3. The lowest BCUT2D eigenvalue weighted by atomic mass is 10.1. The van der Waals surface area contributed by atoms with Crippen LogP contribution >= 0.6 is 0 Å². The van der Waals surface area contributed by atoms with Crippen LogP contribution in [0.4, 0.5) is 10.1 Å². The number of hydrogen-bond donors (Lipinski definition) is 2. The standard InChI is InChI=1S/C15H13FN2O2/c16-11-3-1-10(2-4-11)8-17-12-5-6-13-14(7-12)20-9-18-15(13)19/h1-7,17H,8-9H2,(H,18,19). The summed E-state index contributed by atoms with van der Waals surface area (Å²) in [4.78, 5) is 11.6. The molecular weight excluding hydrogens is 259 g/mol. The van der Waals surface area contributed by atoms with E-state index in [1.54, 1.807) is 24.3 Å². The second-order valence-electron chi connectivity index (χ2n) is 4.49. The number of carbonyl (C=O) groups is 1. The highest BCUT2D eigenvalue weighted by Crippen LogP contribution is 2.25. The molecule has 3 rings (SSSR count). The van der Waals surface area contributed by atoms with Crippen LogP contribution in [0.2, 0.25) is 0 Å². The van der Waals surface area contributed by atoms with Gasteiger partial charge in [0.2, 0.25) is 0 Å². The van der Waals surface area contributed by atoms with Gasteiger partial charge in [0, 0.05) is 18.3 Å². The summed E-state index contributed by atoms with van der Waals surface area (Å²) in [5.41, 5.74) is 2.36. The van der Waals surface area contributed by atoms with Crippen LogP contribution in [0.15, 0.2) is 42.5 Å². The van der Waals surface area contributed by atoms with Gasteiger partial charge in [0.15, 0.2) is 6.73 Å². The van der Waals surface area contributed by atoms with Crippen LogP contribution < -0.4 is 15.4 Å². The van der Waals surface area contributed by atoms with Crippen molar-refractivity contribution < 1.29 is 13.9 Å². The maximum atomic E-state index is 12.8. The smallest absolute Gasteiger partial charge is 0.257 e. The molecule has 0 atom stereocenters. The van der Waals surface area contributed by atoms with Crippen LogP contribution in [0.1, 0.15) is 15.9 Å². The van der Waals surface area contributed by atoms with E-state index < -0.39 is 0 Å². The highest BCUT2D eigenvalue weighted by atomic mass is 19.1. The summed E-state index contributed by atoms with van der Waals surface area (Å²) in [6.45, 7) is 0.762. The Morgan fingerprint density at radius 1 is 1.20 bits per heavy atom. The molecule has 0 saturated heterocycles. The molecule has 2 N–H and O–H groups in total.